The van der Waals surface area contributed by atoms with Crippen LogP contribution in [-0.4, -0.2) is 50.3 Å². The van der Waals surface area contributed by atoms with Gasteiger partial charge < -0.3 is 30.6 Å². The molecule has 1 unspecified atom stereocenters. The molecule has 4 aromatic rings. The molecule has 2 aromatic heterocycles. The predicted molar refractivity (Wildman–Crippen MR) is 159 cm³/mol. The third-order valence-electron chi connectivity index (χ3n) is 6.95. The van der Waals surface area contributed by atoms with Crippen LogP contribution in [0.1, 0.15) is 42.6 Å². The molecular formula is C30H36ClN5O5. The minimum atomic E-state index is -0.735. The molecular weight excluding hydrogens is 546 g/mol. The van der Waals surface area contributed by atoms with Crippen molar-refractivity contribution < 1.29 is 19.4 Å². The normalized spacial score (nSPS) is 13.9. The number of para-hydroxylation sites is 1. The average Bonchev–Trinajstić information content (AvgIpc) is 3.69. The lowest BCUT2D eigenvalue weighted by molar-refractivity contribution is 0.0993. The molecule has 1 saturated carbocycles. The van der Waals surface area contributed by atoms with Crippen molar-refractivity contribution in [2.75, 3.05) is 13.2 Å². The van der Waals surface area contributed by atoms with Crippen molar-refractivity contribution in [2.24, 2.45) is 11.7 Å². The number of ether oxygens (including phenoxy) is 2. The smallest absolute Gasteiger partial charge is 0.326 e. The van der Waals surface area contributed by atoms with E-state index in [9.17, 15) is 14.7 Å². The number of rotatable bonds is 13. The number of benzene rings is 2. The van der Waals surface area contributed by atoms with Gasteiger partial charge in [-0.2, -0.15) is 0 Å². The summed E-state index contributed by atoms with van der Waals surface area (Å²) >= 11 is 0. The number of aliphatic hydroxyl groups excluding tert-OH is 1. The van der Waals surface area contributed by atoms with Crippen LogP contribution in [0.2, 0.25) is 0 Å². The predicted octanol–water partition coefficient (Wildman–Crippen LogP) is 3.80. The number of hydrogen-bond acceptors (Lipinski definition) is 7. The molecule has 0 bridgehead atoms. The summed E-state index contributed by atoms with van der Waals surface area (Å²) in [5, 5.41) is 14.1. The van der Waals surface area contributed by atoms with Crippen LogP contribution in [0.5, 0.6) is 17.4 Å². The number of fused-ring (bicyclic) bond motifs is 1. The number of H-pyrrole nitrogens is 1. The van der Waals surface area contributed by atoms with Gasteiger partial charge in [0.1, 0.15) is 29.7 Å². The van der Waals surface area contributed by atoms with E-state index in [1.165, 1.54) is 6.20 Å². The fourth-order valence-electron chi connectivity index (χ4n) is 4.63. The van der Waals surface area contributed by atoms with E-state index in [2.05, 4.69) is 29.1 Å². The van der Waals surface area contributed by atoms with Crippen molar-refractivity contribution in [3.63, 3.8) is 0 Å². The van der Waals surface area contributed by atoms with Gasteiger partial charge in [-0.25, -0.2) is 9.78 Å². The Morgan fingerprint density at radius 3 is 2.61 bits per heavy atom. The Kier molecular flexibility index (Phi) is 9.37. The van der Waals surface area contributed by atoms with Crippen LogP contribution < -0.4 is 26.2 Å². The van der Waals surface area contributed by atoms with Crippen molar-refractivity contribution in [1.82, 2.24) is 19.9 Å². The number of aliphatic hydroxyl groups is 1. The fourth-order valence-corrected chi connectivity index (χ4v) is 4.63. The first-order valence-electron chi connectivity index (χ1n) is 13.5. The second-order valence-electron chi connectivity index (χ2n) is 11.0. The van der Waals surface area contributed by atoms with Gasteiger partial charge in [-0.1, -0.05) is 18.2 Å². The van der Waals surface area contributed by atoms with Gasteiger partial charge >= 0.3 is 5.69 Å². The molecule has 0 aliphatic heterocycles. The highest BCUT2D eigenvalue weighted by Crippen LogP contribution is 2.32. The lowest BCUT2D eigenvalue weighted by Gasteiger charge is -2.28. The summed E-state index contributed by atoms with van der Waals surface area (Å²) in [6.45, 7) is 5.29. The summed E-state index contributed by atoms with van der Waals surface area (Å²) in [5.41, 5.74) is 7.74. The van der Waals surface area contributed by atoms with E-state index in [0.29, 0.717) is 41.9 Å². The highest BCUT2D eigenvalue weighted by atomic mass is 35.5. The van der Waals surface area contributed by atoms with E-state index < -0.39 is 12.0 Å². The molecule has 0 saturated heterocycles. The summed E-state index contributed by atoms with van der Waals surface area (Å²) in [4.78, 5) is 30.7. The van der Waals surface area contributed by atoms with Crippen molar-refractivity contribution in [1.29, 1.82) is 0 Å². The second kappa shape index (κ2) is 12.8. The van der Waals surface area contributed by atoms with Gasteiger partial charge in [0.25, 0.3) is 0 Å². The van der Waals surface area contributed by atoms with Crippen LogP contribution in [0.3, 0.4) is 0 Å². The number of amides is 1. The molecule has 1 aliphatic carbocycles. The number of nitrogens with zero attached hydrogens (tertiary/aromatic N) is 2. The molecule has 1 fully saturated rings. The number of hydrogen-bond donors (Lipinski definition) is 4. The van der Waals surface area contributed by atoms with Crippen LogP contribution in [0.15, 0.2) is 65.6 Å². The van der Waals surface area contributed by atoms with E-state index in [-0.39, 0.29) is 30.2 Å². The quantitative estimate of drug-likeness (QED) is 0.188. The minimum Gasteiger partial charge on any atom is -0.489 e. The maximum Gasteiger partial charge on any atom is 0.326 e. The highest BCUT2D eigenvalue weighted by molar-refractivity contribution is 5.92. The van der Waals surface area contributed by atoms with E-state index in [1.54, 1.807) is 16.7 Å². The van der Waals surface area contributed by atoms with Gasteiger partial charge in [0, 0.05) is 30.9 Å². The van der Waals surface area contributed by atoms with Gasteiger partial charge in [-0.15, -0.1) is 12.4 Å². The van der Waals surface area contributed by atoms with Crippen molar-refractivity contribution >= 4 is 29.3 Å². The highest BCUT2D eigenvalue weighted by Gasteiger charge is 2.25. The summed E-state index contributed by atoms with van der Waals surface area (Å²) < 4.78 is 13.5. The Morgan fingerprint density at radius 2 is 1.95 bits per heavy atom. The van der Waals surface area contributed by atoms with Crippen LogP contribution in [0, 0.1) is 5.92 Å². The number of imidazole rings is 1. The van der Waals surface area contributed by atoms with E-state index in [4.69, 9.17) is 15.2 Å². The summed E-state index contributed by atoms with van der Waals surface area (Å²) in [7, 11) is 0. The SMILES string of the molecule is CC(C)(Cc1ccc(Oc2ccc(C(N)=O)cn2)cc1)NCC(O)COc1cccc2[nH]c(=O)n(CC3CC3)c12.Cl. The Bertz CT molecular complexity index is 1530. The standard InChI is InChI=1S/C30H35N5O5.ClH/c1-30(2,14-19-8-11-23(12-9-19)40-26-13-10-21(15-32-26)28(31)37)33-16-22(36)18-39-25-5-3-4-24-27(25)35(29(38)34-24)17-20-6-7-20;/h3-5,8-13,15,20,22,33,36H,6-7,14,16-18H2,1-2H3,(H2,31,37)(H,34,38);1H. The number of halogens is 1. The number of β-amino-alcohol motifs (C(OH)–C–C–N with tert-alkyl or cyclic N) is 1. The Morgan fingerprint density at radius 1 is 1.20 bits per heavy atom. The van der Waals surface area contributed by atoms with Gasteiger partial charge in [-0.05, 0) is 74.9 Å². The molecule has 218 valence electrons. The third-order valence-corrected chi connectivity index (χ3v) is 6.95. The Hall–Kier alpha value is -3.86. The first kappa shape index (κ1) is 30.1. The number of pyridine rings is 1. The second-order valence-corrected chi connectivity index (χ2v) is 11.0. The summed E-state index contributed by atoms with van der Waals surface area (Å²) in [6.07, 6.45) is 3.66. The molecule has 10 nitrogen and oxygen atoms in total. The maximum atomic E-state index is 12.5. The van der Waals surface area contributed by atoms with Crippen molar-refractivity contribution in [3.05, 3.63) is 82.4 Å². The van der Waals surface area contributed by atoms with Crippen LogP contribution in [-0.2, 0) is 13.0 Å². The van der Waals surface area contributed by atoms with E-state index >= 15 is 0 Å². The van der Waals surface area contributed by atoms with Crippen LogP contribution in [0.4, 0.5) is 0 Å². The summed E-state index contributed by atoms with van der Waals surface area (Å²) in [6, 6.07) is 16.4. The van der Waals surface area contributed by atoms with Crippen molar-refractivity contribution in [2.45, 2.75) is 51.3 Å². The molecule has 41 heavy (non-hydrogen) atoms. The molecule has 5 N–H and O–H groups in total. The Balaban J connectivity index is 0.00000387. The number of carbonyl (C=O) groups excluding carboxylic acids is 1. The molecule has 2 heterocycles. The largest absolute Gasteiger partial charge is 0.489 e. The number of primary amides is 1. The number of carbonyl (C=O) groups is 1. The zero-order chi connectivity index (χ0) is 28.3. The summed E-state index contributed by atoms with van der Waals surface area (Å²) in [5.74, 6) is 1.60. The monoisotopic (exact) mass is 581 g/mol. The number of nitrogens with two attached hydrogens (primary N) is 1. The molecule has 2 aromatic carbocycles. The molecule has 0 radical (unpaired) electrons. The van der Waals surface area contributed by atoms with Gasteiger partial charge in [-0.3, -0.25) is 9.36 Å². The molecule has 11 heteroatoms. The van der Waals surface area contributed by atoms with Gasteiger partial charge in [0.05, 0.1) is 11.1 Å². The molecule has 1 amide bonds. The lowest BCUT2D eigenvalue weighted by atomic mass is 9.94. The zero-order valence-electron chi connectivity index (χ0n) is 23.1. The lowest BCUT2D eigenvalue weighted by Crippen LogP contribution is -2.46. The number of aromatic amines is 1. The van der Waals surface area contributed by atoms with Gasteiger partial charge in [0.2, 0.25) is 11.8 Å². The van der Waals surface area contributed by atoms with Gasteiger partial charge in [0.15, 0.2) is 0 Å². The number of aromatic nitrogens is 3. The van der Waals surface area contributed by atoms with Crippen LogP contribution >= 0.6 is 12.4 Å². The minimum absolute atomic E-state index is 0. The number of nitrogens with one attached hydrogen (secondary N) is 2. The zero-order valence-corrected chi connectivity index (χ0v) is 23.9. The van der Waals surface area contributed by atoms with E-state index in [0.717, 1.165) is 35.9 Å². The first-order valence-corrected chi connectivity index (χ1v) is 13.5. The van der Waals surface area contributed by atoms with Crippen LogP contribution in [0.25, 0.3) is 11.0 Å². The maximum absolute atomic E-state index is 12.5. The molecule has 0 spiro atoms. The average molecular weight is 582 g/mol. The molecule has 5 rings (SSSR count). The molecule has 1 aliphatic rings. The fraction of sp³-hybridized carbons (Fsp3) is 0.367. The topological polar surface area (TPSA) is 144 Å². The molecule has 1 atom stereocenters. The van der Waals surface area contributed by atoms with E-state index in [1.807, 2.05) is 42.5 Å². The third kappa shape index (κ3) is 7.87. The Labute approximate surface area is 244 Å². The van der Waals surface area contributed by atoms with Crippen molar-refractivity contribution in [3.8, 4) is 17.4 Å². The first-order chi connectivity index (χ1) is 19.2.